The summed E-state index contributed by atoms with van der Waals surface area (Å²) in [5.41, 5.74) is 7.15. The van der Waals surface area contributed by atoms with E-state index >= 15 is 0 Å². The van der Waals surface area contributed by atoms with Crippen LogP contribution in [-0.2, 0) is 0 Å². The van der Waals surface area contributed by atoms with Crippen LogP contribution in [0.15, 0.2) is 24.3 Å². The third-order valence-electron chi connectivity index (χ3n) is 4.03. The molecule has 0 amide bonds. The van der Waals surface area contributed by atoms with Crippen molar-refractivity contribution in [3.8, 4) is 0 Å². The van der Waals surface area contributed by atoms with E-state index in [0.717, 1.165) is 38.3 Å². The summed E-state index contributed by atoms with van der Waals surface area (Å²) in [6.45, 7) is 9.54. The first-order valence-corrected chi connectivity index (χ1v) is 7.59. The summed E-state index contributed by atoms with van der Waals surface area (Å²) in [4.78, 5) is 4.88. The van der Waals surface area contributed by atoms with Gasteiger partial charge in [0.05, 0.1) is 0 Å². The lowest BCUT2D eigenvalue weighted by Crippen LogP contribution is -2.50. The molecule has 0 aliphatic carbocycles. The van der Waals surface area contributed by atoms with Gasteiger partial charge in [0.2, 0.25) is 0 Å². The molecule has 2 N–H and O–H groups in total. The number of hydrogen-bond acceptors (Lipinski definition) is 3. The zero-order chi connectivity index (χ0) is 14.5. The molecule has 1 fully saturated rings. The van der Waals surface area contributed by atoms with Gasteiger partial charge < -0.3 is 10.6 Å². The fourth-order valence-corrected chi connectivity index (χ4v) is 3.12. The van der Waals surface area contributed by atoms with Gasteiger partial charge in [-0.05, 0) is 37.6 Å². The number of halogens is 1. The molecule has 112 valence electrons. The van der Waals surface area contributed by atoms with Crippen LogP contribution in [0.2, 0.25) is 0 Å². The van der Waals surface area contributed by atoms with Crippen LogP contribution in [0.1, 0.15) is 31.9 Å². The Kier molecular flexibility index (Phi) is 5.52. The molecule has 4 heteroatoms. The van der Waals surface area contributed by atoms with Crippen molar-refractivity contribution in [2.45, 2.75) is 32.4 Å². The Bertz CT molecular complexity index is 414. The van der Waals surface area contributed by atoms with E-state index in [1.807, 2.05) is 13.0 Å². The van der Waals surface area contributed by atoms with Crippen molar-refractivity contribution in [2.24, 2.45) is 5.73 Å². The summed E-state index contributed by atoms with van der Waals surface area (Å²) in [6.07, 6.45) is 1.20. The molecule has 0 radical (unpaired) electrons. The molecule has 0 saturated carbocycles. The number of piperazine rings is 1. The summed E-state index contributed by atoms with van der Waals surface area (Å²) in [5.74, 6) is -0.183. The minimum absolute atomic E-state index is 0.00507. The van der Waals surface area contributed by atoms with E-state index in [1.165, 1.54) is 12.5 Å². The Morgan fingerprint density at radius 2 is 1.95 bits per heavy atom. The molecule has 1 heterocycles. The van der Waals surface area contributed by atoms with Crippen LogP contribution in [0.3, 0.4) is 0 Å². The SMILES string of the molecule is CCCN1CCN(C(c2cccc(F)c2)C(C)N)CC1. The molecule has 2 rings (SSSR count). The van der Waals surface area contributed by atoms with E-state index in [-0.39, 0.29) is 17.9 Å². The molecule has 1 aromatic rings. The Hall–Kier alpha value is -0.970. The van der Waals surface area contributed by atoms with Gasteiger partial charge in [0, 0.05) is 38.3 Å². The van der Waals surface area contributed by atoms with Crippen molar-refractivity contribution in [3.05, 3.63) is 35.6 Å². The van der Waals surface area contributed by atoms with Crippen LogP contribution in [0.5, 0.6) is 0 Å². The highest BCUT2D eigenvalue weighted by atomic mass is 19.1. The highest BCUT2D eigenvalue weighted by Gasteiger charge is 2.27. The third kappa shape index (κ3) is 3.78. The zero-order valence-corrected chi connectivity index (χ0v) is 12.6. The van der Waals surface area contributed by atoms with Crippen molar-refractivity contribution < 1.29 is 4.39 Å². The maximum atomic E-state index is 13.5. The fraction of sp³-hybridized carbons (Fsp3) is 0.625. The van der Waals surface area contributed by atoms with Crippen LogP contribution in [0.25, 0.3) is 0 Å². The standard InChI is InChI=1S/C16H26FN3/c1-3-7-19-8-10-20(11-9-19)16(13(2)18)14-5-4-6-15(17)12-14/h4-6,12-13,16H,3,7-11,18H2,1-2H3. The van der Waals surface area contributed by atoms with Crippen molar-refractivity contribution >= 4 is 0 Å². The Labute approximate surface area is 121 Å². The summed E-state index contributed by atoms with van der Waals surface area (Å²) >= 11 is 0. The lowest BCUT2D eigenvalue weighted by atomic mass is 9.98. The molecule has 0 bridgehead atoms. The number of benzene rings is 1. The first-order valence-electron chi connectivity index (χ1n) is 7.59. The number of rotatable bonds is 5. The van der Waals surface area contributed by atoms with Crippen molar-refractivity contribution in [1.29, 1.82) is 0 Å². The molecule has 1 aromatic carbocycles. The molecule has 0 aromatic heterocycles. The minimum Gasteiger partial charge on any atom is -0.326 e. The monoisotopic (exact) mass is 279 g/mol. The van der Waals surface area contributed by atoms with Gasteiger partial charge in [-0.25, -0.2) is 4.39 Å². The first-order chi connectivity index (χ1) is 9.61. The van der Waals surface area contributed by atoms with Gasteiger partial charge in [-0.3, -0.25) is 4.90 Å². The summed E-state index contributed by atoms with van der Waals surface area (Å²) in [7, 11) is 0. The lowest BCUT2D eigenvalue weighted by molar-refractivity contribution is 0.0867. The fourth-order valence-electron chi connectivity index (χ4n) is 3.12. The second kappa shape index (κ2) is 7.16. The van der Waals surface area contributed by atoms with Crippen LogP contribution in [-0.4, -0.2) is 48.6 Å². The molecule has 1 aliphatic rings. The van der Waals surface area contributed by atoms with E-state index in [1.54, 1.807) is 12.1 Å². The summed E-state index contributed by atoms with van der Waals surface area (Å²) in [6, 6.07) is 6.96. The topological polar surface area (TPSA) is 32.5 Å². The van der Waals surface area contributed by atoms with Crippen LogP contribution < -0.4 is 5.73 Å². The number of nitrogens with two attached hydrogens (primary N) is 1. The Balaban J connectivity index is 2.07. The average Bonchev–Trinajstić information content (AvgIpc) is 2.41. The van der Waals surface area contributed by atoms with Gasteiger partial charge in [0.1, 0.15) is 5.82 Å². The quantitative estimate of drug-likeness (QED) is 0.897. The molecule has 1 aliphatic heterocycles. The van der Waals surface area contributed by atoms with Crippen molar-refractivity contribution in [2.75, 3.05) is 32.7 Å². The Morgan fingerprint density at radius 1 is 1.25 bits per heavy atom. The van der Waals surface area contributed by atoms with Gasteiger partial charge in [-0.2, -0.15) is 0 Å². The minimum atomic E-state index is -0.183. The van der Waals surface area contributed by atoms with E-state index in [0.29, 0.717) is 0 Å². The average molecular weight is 279 g/mol. The van der Waals surface area contributed by atoms with Gasteiger partial charge >= 0.3 is 0 Å². The van der Waals surface area contributed by atoms with Gasteiger partial charge in [-0.1, -0.05) is 19.1 Å². The Morgan fingerprint density at radius 3 is 2.50 bits per heavy atom. The van der Waals surface area contributed by atoms with Gasteiger partial charge in [0.15, 0.2) is 0 Å². The van der Waals surface area contributed by atoms with E-state index in [4.69, 9.17) is 5.73 Å². The van der Waals surface area contributed by atoms with Gasteiger partial charge in [0.25, 0.3) is 0 Å². The largest absolute Gasteiger partial charge is 0.326 e. The third-order valence-corrected chi connectivity index (χ3v) is 4.03. The van der Waals surface area contributed by atoms with Crippen molar-refractivity contribution in [3.63, 3.8) is 0 Å². The van der Waals surface area contributed by atoms with Crippen LogP contribution in [0, 0.1) is 5.82 Å². The molecule has 0 spiro atoms. The smallest absolute Gasteiger partial charge is 0.123 e. The van der Waals surface area contributed by atoms with E-state index in [9.17, 15) is 4.39 Å². The highest BCUT2D eigenvalue weighted by Crippen LogP contribution is 2.25. The predicted molar refractivity (Wildman–Crippen MR) is 81.1 cm³/mol. The highest BCUT2D eigenvalue weighted by molar-refractivity contribution is 5.22. The van der Waals surface area contributed by atoms with Gasteiger partial charge in [-0.15, -0.1) is 0 Å². The molecule has 2 atom stereocenters. The lowest BCUT2D eigenvalue weighted by Gasteiger charge is -2.41. The summed E-state index contributed by atoms with van der Waals surface area (Å²) < 4.78 is 13.5. The van der Waals surface area contributed by atoms with Crippen LogP contribution >= 0.6 is 0 Å². The molecular formula is C16H26FN3. The van der Waals surface area contributed by atoms with Crippen LogP contribution in [0.4, 0.5) is 4.39 Å². The first kappa shape index (κ1) is 15.4. The van der Waals surface area contributed by atoms with E-state index in [2.05, 4.69) is 16.7 Å². The molecular weight excluding hydrogens is 253 g/mol. The molecule has 3 nitrogen and oxygen atoms in total. The maximum absolute atomic E-state index is 13.5. The van der Waals surface area contributed by atoms with Crippen molar-refractivity contribution in [1.82, 2.24) is 9.80 Å². The second-order valence-electron chi connectivity index (χ2n) is 5.74. The molecule has 2 unspecified atom stereocenters. The number of hydrogen-bond donors (Lipinski definition) is 1. The van der Waals surface area contributed by atoms with E-state index < -0.39 is 0 Å². The normalized spacial score (nSPS) is 20.8. The second-order valence-corrected chi connectivity index (χ2v) is 5.74. The molecule has 20 heavy (non-hydrogen) atoms. The summed E-state index contributed by atoms with van der Waals surface area (Å²) in [5, 5.41) is 0. The zero-order valence-electron chi connectivity index (χ0n) is 12.6. The molecule has 1 saturated heterocycles. The predicted octanol–water partition coefficient (Wildman–Crippen LogP) is 2.24. The maximum Gasteiger partial charge on any atom is 0.123 e. The number of nitrogens with zero attached hydrogens (tertiary/aromatic N) is 2.